The molecule has 2 aromatic heterocycles. The van der Waals surface area contributed by atoms with Gasteiger partial charge >= 0.3 is 0 Å². The summed E-state index contributed by atoms with van der Waals surface area (Å²) < 4.78 is 0. The Balaban J connectivity index is 2.32. The zero-order valence-corrected chi connectivity index (χ0v) is 13.6. The summed E-state index contributed by atoms with van der Waals surface area (Å²) in [6.07, 6.45) is 1.51. The van der Waals surface area contributed by atoms with Crippen molar-refractivity contribution in [2.75, 3.05) is 5.32 Å². The molecule has 1 unspecified atom stereocenters. The Labute approximate surface area is 125 Å². The largest absolute Gasteiger partial charge is 0.360 e. The molecule has 0 spiro atoms. The van der Waals surface area contributed by atoms with Crippen LogP contribution in [0.1, 0.15) is 70.8 Å². The Hall–Kier alpha value is -1.98. The number of aromatic amines is 1. The third-order valence-electron chi connectivity index (χ3n) is 3.24. The van der Waals surface area contributed by atoms with Crippen molar-refractivity contribution < 1.29 is 0 Å². The second-order valence-electron chi connectivity index (χ2n) is 6.64. The Morgan fingerprint density at radius 1 is 1.14 bits per heavy atom. The molecule has 114 valence electrons. The average Bonchev–Trinajstić information content (AvgIpc) is 2.91. The molecule has 0 aliphatic heterocycles. The Kier molecular flexibility index (Phi) is 4.25. The highest BCUT2D eigenvalue weighted by atomic mass is 15.2. The Morgan fingerprint density at radius 2 is 1.86 bits per heavy atom. The fourth-order valence-electron chi connectivity index (χ4n) is 1.90. The van der Waals surface area contributed by atoms with Crippen LogP contribution in [0.3, 0.4) is 0 Å². The first kappa shape index (κ1) is 15.4. The second-order valence-corrected chi connectivity index (χ2v) is 6.64. The van der Waals surface area contributed by atoms with Gasteiger partial charge in [0.05, 0.1) is 11.7 Å². The molecule has 0 saturated carbocycles. The maximum Gasteiger partial charge on any atom is 0.146 e. The molecule has 0 aliphatic carbocycles. The van der Waals surface area contributed by atoms with Gasteiger partial charge in [-0.2, -0.15) is 5.10 Å². The zero-order chi connectivity index (χ0) is 15.6. The zero-order valence-electron chi connectivity index (χ0n) is 13.6. The minimum Gasteiger partial charge on any atom is -0.360 e. The number of nitrogens with zero attached hydrogens (tertiary/aromatic N) is 4. The lowest BCUT2D eigenvalue weighted by Crippen LogP contribution is -2.18. The van der Waals surface area contributed by atoms with Crippen LogP contribution in [0.2, 0.25) is 0 Å². The summed E-state index contributed by atoms with van der Waals surface area (Å²) in [7, 11) is 0. The van der Waals surface area contributed by atoms with E-state index in [1.165, 1.54) is 6.33 Å². The number of aromatic nitrogens is 5. The van der Waals surface area contributed by atoms with Crippen molar-refractivity contribution in [2.24, 2.45) is 0 Å². The van der Waals surface area contributed by atoms with Crippen LogP contribution in [0.25, 0.3) is 0 Å². The van der Waals surface area contributed by atoms with Crippen molar-refractivity contribution in [3.05, 3.63) is 29.7 Å². The Morgan fingerprint density at radius 3 is 2.38 bits per heavy atom. The highest BCUT2D eigenvalue weighted by molar-refractivity contribution is 5.40. The molecule has 0 saturated heterocycles. The highest BCUT2D eigenvalue weighted by Gasteiger charge is 2.20. The van der Waals surface area contributed by atoms with Gasteiger partial charge in [-0.3, -0.25) is 5.10 Å². The van der Waals surface area contributed by atoms with E-state index in [4.69, 9.17) is 0 Å². The molecule has 2 aromatic rings. The molecule has 2 heterocycles. The molecule has 0 radical (unpaired) electrons. The van der Waals surface area contributed by atoms with Crippen LogP contribution in [0, 0.1) is 0 Å². The van der Waals surface area contributed by atoms with Gasteiger partial charge in [0.25, 0.3) is 0 Å². The average molecular weight is 288 g/mol. The van der Waals surface area contributed by atoms with Crippen LogP contribution < -0.4 is 5.32 Å². The molecule has 0 amide bonds. The molecule has 21 heavy (non-hydrogen) atoms. The van der Waals surface area contributed by atoms with Crippen molar-refractivity contribution >= 4 is 5.82 Å². The van der Waals surface area contributed by atoms with E-state index in [0.717, 1.165) is 23.2 Å². The first-order valence-electron chi connectivity index (χ1n) is 7.28. The number of H-pyrrole nitrogens is 1. The topological polar surface area (TPSA) is 79.4 Å². The number of anilines is 1. The first-order chi connectivity index (χ1) is 9.77. The molecule has 0 bridgehead atoms. The van der Waals surface area contributed by atoms with E-state index in [0.29, 0.717) is 0 Å². The number of hydrogen-bond acceptors (Lipinski definition) is 5. The maximum absolute atomic E-state index is 4.69. The Bertz CT molecular complexity index is 583. The van der Waals surface area contributed by atoms with E-state index in [9.17, 15) is 0 Å². The summed E-state index contributed by atoms with van der Waals surface area (Å²) in [6.45, 7) is 12.7. The van der Waals surface area contributed by atoms with Crippen LogP contribution in [-0.2, 0) is 5.41 Å². The molecule has 2 N–H and O–H groups in total. The minimum atomic E-state index is -0.0154. The minimum absolute atomic E-state index is 0.00947. The summed E-state index contributed by atoms with van der Waals surface area (Å²) >= 11 is 0. The van der Waals surface area contributed by atoms with Crippen molar-refractivity contribution in [3.8, 4) is 0 Å². The molecule has 0 aromatic carbocycles. The van der Waals surface area contributed by atoms with Gasteiger partial charge in [0.15, 0.2) is 0 Å². The predicted octanol–water partition coefficient (Wildman–Crippen LogP) is 3.19. The first-order valence-corrected chi connectivity index (χ1v) is 7.28. The van der Waals surface area contributed by atoms with Crippen LogP contribution in [-0.4, -0.2) is 25.1 Å². The van der Waals surface area contributed by atoms with Gasteiger partial charge in [0.1, 0.15) is 23.8 Å². The molecular formula is C15H24N6. The second kappa shape index (κ2) is 5.79. The van der Waals surface area contributed by atoms with Crippen LogP contribution >= 0.6 is 0 Å². The predicted molar refractivity (Wildman–Crippen MR) is 83.2 cm³/mol. The van der Waals surface area contributed by atoms with Crippen molar-refractivity contribution in [3.63, 3.8) is 0 Å². The monoisotopic (exact) mass is 288 g/mol. The van der Waals surface area contributed by atoms with E-state index >= 15 is 0 Å². The number of rotatable bonds is 4. The third-order valence-corrected chi connectivity index (χ3v) is 3.24. The maximum atomic E-state index is 4.69. The van der Waals surface area contributed by atoms with E-state index in [2.05, 4.69) is 65.1 Å². The van der Waals surface area contributed by atoms with Crippen molar-refractivity contribution in [1.82, 2.24) is 25.1 Å². The third kappa shape index (κ3) is 3.77. The van der Waals surface area contributed by atoms with Gasteiger partial charge in [-0.1, -0.05) is 34.6 Å². The summed E-state index contributed by atoms with van der Waals surface area (Å²) in [5, 5.41) is 10.1. The quantitative estimate of drug-likeness (QED) is 0.903. The summed E-state index contributed by atoms with van der Waals surface area (Å²) in [6, 6.07) is 2.02. The summed E-state index contributed by atoms with van der Waals surface area (Å²) in [4.78, 5) is 13.5. The lowest BCUT2D eigenvalue weighted by molar-refractivity contribution is 0.558. The van der Waals surface area contributed by atoms with Gasteiger partial charge < -0.3 is 5.32 Å². The standard InChI is InChI=1S/C15H24N6/c1-9(2)13-19-11(15(4,5)6)7-12(20-13)18-10(3)14-16-8-17-21-14/h7-10H,1-6H3,(H,16,17,21)(H,18,19,20). The normalized spacial score (nSPS) is 13.5. The smallest absolute Gasteiger partial charge is 0.146 e. The van der Waals surface area contributed by atoms with E-state index in [1.54, 1.807) is 0 Å². The summed E-state index contributed by atoms with van der Waals surface area (Å²) in [5.74, 6) is 2.75. The molecule has 6 heteroatoms. The lowest BCUT2D eigenvalue weighted by atomic mass is 9.91. The molecule has 2 rings (SSSR count). The molecular weight excluding hydrogens is 264 g/mol. The van der Waals surface area contributed by atoms with Crippen LogP contribution in [0.15, 0.2) is 12.4 Å². The fraction of sp³-hybridized carbons (Fsp3) is 0.600. The molecule has 1 atom stereocenters. The molecule has 0 fully saturated rings. The SMILES string of the molecule is CC(C)c1nc(NC(C)c2ncn[nH]2)cc(C(C)(C)C)n1. The van der Waals surface area contributed by atoms with E-state index in [1.807, 2.05) is 13.0 Å². The fourth-order valence-corrected chi connectivity index (χ4v) is 1.90. The van der Waals surface area contributed by atoms with E-state index < -0.39 is 0 Å². The number of hydrogen-bond donors (Lipinski definition) is 2. The van der Waals surface area contributed by atoms with E-state index in [-0.39, 0.29) is 17.4 Å². The highest BCUT2D eigenvalue weighted by Crippen LogP contribution is 2.25. The van der Waals surface area contributed by atoms with Gasteiger partial charge in [-0.15, -0.1) is 0 Å². The summed E-state index contributed by atoms with van der Waals surface area (Å²) in [5.41, 5.74) is 1.02. The van der Waals surface area contributed by atoms with Gasteiger partial charge in [0.2, 0.25) is 0 Å². The molecule has 0 aliphatic rings. The van der Waals surface area contributed by atoms with Gasteiger partial charge in [0, 0.05) is 17.4 Å². The molecule has 6 nitrogen and oxygen atoms in total. The van der Waals surface area contributed by atoms with Gasteiger partial charge in [-0.05, 0) is 6.92 Å². The van der Waals surface area contributed by atoms with Crippen molar-refractivity contribution in [2.45, 2.75) is 58.9 Å². The van der Waals surface area contributed by atoms with Gasteiger partial charge in [-0.25, -0.2) is 15.0 Å². The van der Waals surface area contributed by atoms with Crippen LogP contribution in [0.5, 0.6) is 0 Å². The van der Waals surface area contributed by atoms with Crippen LogP contribution in [0.4, 0.5) is 5.82 Å². The lowest BCUT2D eigenvalue weighted by Gasteiger charge is -2.21. The number of nitrogens with one attached hydrogen (secondary N) is 2. The van der Waals surface area contributed by atoms with Crippen molar-refractivity contribution in [1.29, 1.82) is 0 Å².